The highest BCUT2D eigenvalue weighted by atomic mass is 16.6. The minimum Gasteiger partial charge on any atom is -0.469 e. The fourth-order valence-corrected chi connectivity index (χ4v) is 2.66. The summed E-state index contributed by atoms with van der Waals surface area (Å²) >= 11 is 0. The topological polar surface area (TPSA) is 112 Å². The molecule has 0 aliphatic carbocycles. The van der Waals surface area contributed by atoms with Crippen LogP contribution in [0.4, 0.5) is 11.6 Å². The molecule has 0 bridgehead atoms. The molecule has 1 atom stereocenters. The van der Waals surface area contributed by atoms with Crippen molar-refractivity contribution in [2.75, 3.05) is 18.1 Å². The molecule has 0 spiro atoms. The standard InChI is InChI=1S/C19H19N3O6/c1-12(2)11-27-16(23)10-21-18-14(8-9-15(20-18)22(25)26)28-17(19(21)24)13-6-4-3-5-7-13/h3-9,12,17H,10-11H2,1-2H3. The average molecular weight is 385 g/mol. The van der Waals surface area contributed by atoms with Gasteiger partial charge in [0.15, 0.2) is 5.75 Å². The lowest BCUT2D eigenvalue weighted by Gasteiger charge is -2.30. The molecule has 146 valence electrons. The molecule has 1 aromatic heterocycles. The number of hydrogen-bond donors (Lipinski definition) is 0. The van der Waals surface area contributed by atoms with Crippen LogP contribution in [-0.2, 0) is 14.3 Å². The minimum atomic E-state index is -0.991. The molecule has 2 heterocycles. The van der Waals surface area contributed by atoms with Crippen molar-refractivity contribution in [2.45, 2.75) is 20.0 Å². The van der Waals surface area contributed by atoms with Crippen molar-refractivity contribution in [1.82, 2.24) is 4.98 Å². The Morgan fingerprint density at radius 2 is 2.00 bits per heavy atom. The number of benzene rings is 1. The lowest BCUT2D eigenvalue weighted by molar-refractivity contribution is -0.389. The van der Waals surface area contributed by atoms with Gasteiger partial charge in [-0.3, -0.25) is 14.5 Å². The maximum absolute atomic E-state index is 13.0. The molecule has 9 heteroatoms. The van der Waals surface area contributed by atoms with Gasteiger partial charge in [0.25, 0.3) is 11.7 Å². The van der Waals surface area contributed by atoms with Crippen molar-refractivity contribution in [3.8, 4) is 5.75 Å². The third-order valence-electron chi connectivity index (χ3n) is 3.97. The summed E-state index contributed by atoms with van der Waals surface area (Å²) in [5, 5.41) is 11.1. The maximum atomic E-state index is 13.0. The number of fused-ring (bicyclic) bond motifs is 1. The molecule has 0 radical (unpaired) electrons. The van der Waals surface area contributed by atoms with Crippen LogP contribution in [0.15, 0.2) is 42.5 Å². The number of aromatic nitrogens is 1. The lowest BCUT2D eigenvalue weighted by Crippen LogP contribution is -2.45. The van der Waals surface area contributed by atoms with Gasteiger partial charge in [-0.05, 0) is 21.9 Å². The summed E-state index contributed by atoms with van der Waals surface area (Å²) < 4.78 is 10.9. The van der Waals surface area contributed by atoms with Crippen molar-refractivity contribution >= 4 is 23.5 Å². The molecule has 3 rings (SSSR count). The van der Waals surface area contributed by atoms with Crippen molar-refractivity contribution in [2.24, 2.45) is 5.92 Å². The second-order valence-corrected chi connectivity index (χ2v) is 6.66. The molecule has 2 aromatic rings. The Bertz CT molecular complexity index is 900. The van der Waals surface area contributed by atoms with Gasteiger partial charge in [0.1, 0.15) is 6.54 Å². The van der Waals surface area contributed by atoms with E-state index >= 15 is 0 Å². The molecular weight excluding hydrogens is 366 g/mol. The second kappa shape index (κ2) is 8.03. The number of carbonyl (C=O) groups is 2. The molecular formula is C19H19N3O6. The highest BCUT2D eigenvalue weighted by Gasteiger charge is 2.41. The summed E-state index contributed by atoms with van der Waals surface area (Å²) in [6, 6.07) is 11.3. The molecule has 0 saturated carbocycles. The first kappa shape index (κ1) is 19.3. The Morgan fingerprint density at radius 3 is 2.64 bits per heavy atom. The lowest BCUT2D eigenvalue weighted by atomic mass is 10.1. The predicted molar refractivity (Wildman–Crippen MR) is 98.9 cm³/mol. The SMILES string of the molecule is CC(C)COC(=O)CN1C(=O)C(c2ccccc2)Oc2ccc([N+](=O)[O-])nc21. The molecule has 0 fully saturated rings. The minimum absolute atomic E-state index is 0.0760. The summed E-state index contributed by atoms with van der Waals surface area (Å²) in [6.45, 7) is 3.56. The first-order valence-electron chi connectivity index (χ1n) is 8.71. The smallest absolute Gasteiger partial charge is 0.366 e. The number of hydrogen-bond acceptors (Lipinski definition) is 7. The first-order valence-corrected chi connectivity index (χ1v) is 8.71. The van der Waals surface area contributed by atoms with Gasteiger partial charge in [0.2, 0.25) is 6.10 Å². The van der Waals surface area contributed by atoms with Crippen LogP contribution in [0, 0.1) is 16.0 Å². The van der Waals surface area contributed by atoms with E-state index in [1.165, 1.54) is 12.1 Å². The molecule has 28 heavy (non-hydrogen) atoms. The molecule has 1 amide bonds. The Labute approximate surface area is 161 Å². The van der Waals surface area contributed by atoms with E-state index in [9.17, 15) is 19.7 Å². The van der Waals surface area contributed by atoms with Crippen LogP contribution in [0.25, 0.3) is 0 Å². The fraction of sp³-hybridized carbons (Fsp3) is 0.316. The third-order valence-corrected chi connectivity index (χ3v) is 3.97. The van der Waals surface area contributed by atoms with E-state index in [2.05, 4.69) is 4.98 Å². The normalized spacial score (nSPS) is 15.8. The van der Waals surface area contributed by atoms with Gasteiger partial charge in [-0.2, -0.15) is 0 Å². The Morgan fingerprint density at radius 1 is 1.29 bits per heavy atom. The van der Waals surface area contributed by atoms with E-state index in [0.29, 0.717) is 5.56 Å². The predicted octanol–water partition coefficient (Wildman–Crippen LogP) is 2.66. The van der Waals surface area contributed by atoms with Crippen LogP contribution in [0.3, 0.4) is 0 Å². The largest absolute Gasteiger partial charge is 0.469 e. The van der Waals surface area contributed by atoms with Crippen molar-refractivity contribution in [1.29, 1.82) is 0 Å². The number of rotatable bonds is 6. The fourth-order valence-electron chi connectivity index (χ4n) is 2.66. The zero-order valence-corrected chi connectivity index (χ0v) is 15.4. The highest BCUT2D eigenvalue weighted by Crippen LogP contribution is 2.38. The molecule has 1 aliphatic rings. The van der Waals surface area contributed by atoms with Crippen LogP contribution in [0.1, 0.15) is 25.5 Å². The van der Waals surface area contributed by atoms with Gasteiger partial charge in [-0.1, -0.05) is 44.2 Å². The number of nitro groups is 1. The zero-order chi connectivity index (χ0) is 20.3. The van der Waals surface area contributed by atoms with Gasteiger partial charge in [0, 0.05) is 11.6 Å². The Kier molecular flexibility index (Phi) is 5.53. The van der Waals surface area contributed by atoms with Crippen LogP contribution in [0.2, 0.25) is 0 Å². The molecule has 1 unspecified atom stereocenters. The molecule has 0 N–H and O–H groups in total. The summed E-state index contributed by atoms with van der Waals surface area (Å²) in [7, 11) is 0. The van der Waals surface area contributed by atoms with Gasteiger partial charge >= 0.3 is 11.8 Å². The van der Waals surface area contributed by atoms with Crippen molar-refractivity contribution in [3.05, 3.63) is 58.1 Å². The number of pyridine rings is 1. The van der Waals surface area contributed by atoms with Crippen LogP contribution < -0.4 is 9.64 Å². The number of esters is 1. The number of amides is 1. The van der Waals surface area contributed by atoms with Gasteiger partial charge in [0.05, 0.1) is 6.61 Å². The molecule has 1 aromatic carbocycles. The van der Waals surface area contributed by atoms with Crippen LogP contribution in [-0.4, -0.2) is 34.9 Å². The van der Waals surface area contributed by atoms with E-state index in [-0.39, 0.29) is 24.1 Å². The summed E-state index contributed by atoms with van der Waals surface area (Å²) in [4.78, 5) is 40.6. The monoisotopic (exact) mass is 385 g/mol. The van der Waals surface area contributed by atoms with Crippen LogP contribution >= 0.6 is 0 Å². The second-order valence-electron chi connectivity index (χ2n) is 6.66. The first-order chi connectivity index (χ1) is 13.4. The Hall–Kier alpha value is -3.49. The average Bonchev–Trinajstić information content (AvgIpc) is 2.68. The van der Waals surface area contributed by atoms with E-state index in [0.717, 1.165) is 4.90 Å². The third kappa shape index (κ3) is 4.08. The van der Waals surface area contributed by atoms with E-state index in [1.54, 1.807) is 30.3 Å². The van der Waals surface area contributed by atoms with E-state index in [1.807, 2.05) is 13.8 Å². The summed E-state index contributed by atoms with van der Waals surface area (Å²) in [5.74, 6) is -1.39. The summed E-state index contributed by atoms with van der Waals surface area (Å²) in [6.07, 6.45) is -0.991. The number of anilines is 1. The van der Waals surface area contributed by atoms with Crippen molar-refractivity contribution in [3.63, 3.8) is 0 Å². The number of nitrogens with zero attached hydrogens (tertiary/aromatic N) is 3. The molecule has 0 saturated heterocycles. The number of carbonyl (C=O) groups excluding carboxylic acids is 2. The molecule has 9 nitrogen and oxygen atoms in total. The zero-order valence-electron chi connectivity index (χ0n) is 15.4. The van der Waals surface area contributed by atoms with Crippen LogP contribution in [0.5, 0.6) is 5.75 Å². The Balaban J connectivity index is 1.96. The highest BCUT2D eigenvalue weighted by molar-refractivity contribution is 6.02. The van der Waals surface area contributed by atoms with Crippen molar-refractivity contribution < 1.29 is 24.0 Å². The maximum Gasteiger partial charge on any atom is 0.366 e. The van der Waals surface area contributed by atoms with Gasteiger partial charge < -0.3 is 19.6 Å². The van der Waals surface area contributed by atoms with Gasteiger partial charge in [-0.25, -0.2) is 0 Å². The summed E-state index contributed by atoms with van der Waals surface area (Å²) in [5.41, 5.74) is 0.594. The van der Waals surface area contributed by atoms with Gasteiger partial charge in [-0.15, -0.1) is 0 Å². The number of ether oxygens (including phenoxy) is 2. The molecule has 1 aliphatic heterocycles. The van der Waals surface area contributed by atoms with E-state index < -0.39 is 35.3 Å². The quantitative estimate of drug-likeness (QED) is 0.427. The van der Waals surface area contributed by atoms with E-state index in [4.69, 9.17) is 9.47 Å².